The normalized spacial score (nSPS) is 24.9. The lowest BCUT2D eigenvalue weighted by Gasteiger charge is -2.31. The Morgan fingerprint density at radius 2 is 2.02 bits per heavy atom. The minimum Gasteiger partial charge on any atom is -0.497 e. The summed E-state index contributed by atoms with van der Waals surface area (Å²) in [6, 6.07) is 15.2. The van der Waals surface area contributed by atoms with Crippen LogP contribution in [-0.4, -0.2) is 60.8 Å². The van der Waals surface area contributed by atoms with Gasteiger partial charge in [-0.1, -0.05) is 48.5 Å². The van der Waals surface area contributed by atoms with Gasteiger partial charge in [-0.25, -0.2) is 0 Å². The lowest BCUT2D eigenvalue weighted by molar-refractivity contribution is -0.145. The Kier molecular flexibility index (Phi) is 7.69. The first-order chi connectivity index (χ1) is 19.1. The number of fused-ring (bicyclic) bond motifs is 2. The fourth-order valence-electron chi connectivity index (χ4n) is 6.63. The van der Waals surface area contributed by atoms with E-state index in [0.717, 1.165) is 11.3 Å². The van der Waals surface area contributed by atoms with Gasteiger partial charge in [0.15, 0.2) is 5.60 Å². The van der Waals surface area contributed by atoms with Gasteiger partial charge in [0.05, 0.1) is 37.1 Å². The molecule has 1 fully saturated rings. The zero-order chi connectivity index (χ0) is 28.7. The number of aromatic nitrogens is 3. The van der Waals surface area contributed by atoms with Crippen molar-refractivity contribution in [3.63, 3.8) is 0 Å². The average molecular weight is 565 g/mol. The van der Waals surface area contributed by atoms with E-state index in [2.05, 4.69) is 16.9 Å². The molecule has 1 unspecified atom stereocenters. The Hall–Kier alpha value is -3.34. The number of aryl methyl sites for hydroxylation is 1. The molecule has 0 aliphatic carbocycles. The topological polar surface area (TPSA) is 89.7 Å². The monoisotopic (exact) mass is 564 g/mol. The molecule has 40 heavy (non-hydrogen) atoms. The highest BCUT2D eigenvalue weighted by Gasteiger charge is 2.66. The lowest BCUT2D eigenvalue weighted by Crippen LogP contribution is -2.45. The number of anilines is 1. The molecule has 3 heterocycles. The second-order valence-electron chi connectivity index (χ2n) is 11.2. The molecule has 1 spiro atoms. The van der Waals surface area contributed by atoms with Crippen molar-refractivity contribution in [1.82, 2.24) is 15.0 Å². The van der Waals surface area contributed by atoms with Crippen LogP contribution in [0, 0.1) is 5.92 Å². The maximum Gasteiger partial charge on any atom is 0.264 e. The summed E-state index contributed by atoms with van der Waals surface area (Å²) in [5.41, 5.74) is 1.35. The number of aliphatic hydroxyl groups excluding tert-OH is 1. The third kappa shape index (κ3) is 4.67. The van der Waals surface area contributed by atoms with E-state index in [1.165, 1.54) is 0 Å². The number of hydrogen-bond donors (Lipinski definition) is 1. The first-order valence-corrected chi connectivity index (χ1v) is 16.6. The lowest BCUT2D eigenvalue weighted by atomic mass is 9.82. The number of nitrogens with zero attached hydrogens (tertiary/aromatic N) is 4. The van der Waals surface area contributed by atoms with E-state index in [9.17, 15) is 9.90 Å². The van der Waals surface area contributed by atoms with Gasteiger partial charge in [0, 0.05) is 36.3 Å². The summed E-state index contributed by atoms with van der Waals surface area (Å²) in [5.74, 6) is -0.249. The van der Waals surface area contributed by atoms with Crippen LogP contribution >= 0.6 is 0 Å². The van der Waals surface area contributed by atoms with E-state index in [0.29, 0.717) is 36.5 Å². The Morgan fingerprint density at radius 1 is 1.27 bits per heavy atom. The van der Waals surface area contributed by atoms with Crippen LogP contribution in [0.1, 0.15) is 36.1 Å². The number of halogens is 1. The van der Waals surface area contributed by atoms with E-state index in [1.807, 2.05) is 61.7 Å². The molecule has 0 bridgehead atoms. The fraction of sp³-hybridized carbons (Fsp3) is 0.433. The predicted octanol–water partition coefficient (Wildman–Crippen LogP) is 4.81. The van der Waals surface area contributed by atoms with Gasteiger partial charge in [-0.05, 0) is 43.3 Å². The third-order valence-corrected chi connectivity index (χ3v) is 10.9. The number of amides is 1. The molecule has 3 aromatic rings. The molecule has 10 heteroatoms. The van der Waals surface area contributed by atoms with Crippen LogP contribution in [0.5, 0.6) is 5.75 Å². The maximum absolute atomic E-state index is 16.0. The van der Waals surface area contributed by atoms with Crippen molar-refractivity contribution < 1.29 is 23.5 Å². The summed E-state index contributed by atoms with van der Waals surface area (Å²) >= 11 is 0. The van der Waals surface area contributed by atoms with E-state index >= 15 is 4.11 Å². The smallest absolute Gasteiger partial charge is 0.264 e. The molecule has 1 saturated heterocycles. The van der Waals surface area contributed by atoms with Crippen molar-refractivity contribution in [2.75, 3.05) is 25.2 Å². The highest BCUT2D eigenvalue weighted by atomic mass is 28.4. The number of rotatable bonds is 10. The summed E-state index contributed by atoms with van der Waals surface area (Å²) < 4.78 is 30.0. The van der Waals surface area contributed by atoms with Crippen LogP contribution in [0.4, 0.5) is 9.80 Å². The SMILES string of the molecule is C=CCN1C(=O)[C@@]2(O[C@@H](CCn3cc(C(CO)c4ccccc4)nn3)[C@H]([Si](C)(C)F)[C@H]2C)c2cc(OC)ccc21. The zero-order valence-electron chi connectivity index (χ0n) is 23.5. The second-order valence-corrected chi connectivity index (χ2v) is 15.0. The number of carbonyl (C=O) groups is 1. The molecule has 2 aliphatic rings. The van der Waals surface area contributed by atoms with Gasteiger partial charge >= 0.3 is 0 Å². The van der Waals surface area contributed by atoms with Crippen molar-refractivity contribution in [2.45, 2.75) is 56.1 Å². The standard InChI is InChI=1S/C30H37FN4O4Si/c1-6-15-35-26-13-12-22(38-3)17-24(26)30(29(35)37)20(2)28(40(4,5)31)27(39-30)14-16-34-18-25(32-33-34)23(19-36)21-10-8-7-9-11-21/h6-13,17-18,20,23,27-28,36H,1,14-16,19H2,2-5H3/t20-,23?,27+,28-,30+/m1/s1. The molecule has 5 rings (SSSR count). The predicted molar refractivity (Wildman–Crippen MR) is 154 cm³/mol. The third-order valence-electron chi connectivity index (χ3n) is 8.42. The second kappa shape index (κ2) is 10.9. The minimum atomic E-state index is -3.28. The van der Waals surface area contributed by atoms with Gasteiger partial charge in [0.25, 0.3) is 5.91 Å². The number of ether oxygens (including phenoxy) is 2. The molecule has 212 valence electrons. The van der Waals surface area contributed by atoms with E-state index < -0.39 is 25.7 Å². The minimum absolute atomic E-state index is 0.0929. The van der Waals surface area contributed by atoms with E-state index in [1.54, 1.807) is 35.9 Å². The van der Waals surface area contributed by atoms with Crippen LogP contribution in [-0.2, 0) is 21.7 Å². The molecule has 0 radical (unpaired) electrons. The van der Waals surface area contributed by atoms with Gasteiger partial charge in [-0.15, -0.1) is 11.7 Å². The number of methoxy groups -OCH3 is 1. The first kappa shape index (κ1) is 28.2. The molecule has 1 N–H and O–H groups in total. The summed E-state index contributed by atoms with van der Waals surface area (Å²) in [4.78, 5) is 15.8. The van der Waals surface area contributed by atoms with Gasteiger partial charge < -0.3 is 23.6 Å². The Morgan fingerprint density at radius 3 is 2.67 bits per heavy atom. The average Bonchev–Trinajstić information content (AvgIpc) is 3.59. The van der Waals surface area contributed by atoms with E-state index in [-0.39, 0.29) is 24.3 Å². The molecule has 2 aliphatic heterocycles. The molecule has 2 aromatic carbocycles. The largest absolute Gasteiger partial charge is 0.497 e. The van der Waals surface area contributed by atoms with Gasteiger partial charge in [-0.2, -0.15) is 0 Å². The summed E-state index contributed by atoms with van der Waals surface area (Å²) in [7, 11) is -1.70. The van der Waals surface area contributed by atoms with Gasteiger partial charge in [0.2, 0.25) is 8.41 Å². The number of benzene rings is 2. The van der Waals surface area contributed by atoms with E-state index in [4.69, 9.17) is 9.47 Å². The highest BCUT2D eigenvalue weighted by molar-refractivity contribution is 6.72. The van der Waals surface area contributed by atoms with Crippen LogP contribution < -0.4 is 9.64 Å². The summed E-state index contributed by atoms with van der Waals surface area (Å²) in [6.45, 7) is 9.82. The Labute approximate surface area is 235 Å². The highest BCUT2D eigenvalue weighted by Crippen LogP contribution is 2.60. The van der Waals surface area contributed by atoms with Crippen molar-refractivity contribution in [3.05, 3.63) is 84.2 Å². The summed E-state index contributed by atoms with van der Waals surface area (Å²) in [6.07, 6.45) is 3.47. The van der Waals surface area contributed by atoms with Crippen LogP contribution in [0.3, 0.4) is 0 Å². The van der Waals surface area contributed by atoms with Gasteiger partial charge in [0.1, 0.15) is 5.75 Å². The number of carbonyl (C=O) groups excluding carboxylic acids is 1. The van der Waals surface area contributed by atoms with Crippen LogP contribution in [0.25, 0.3) is 0 Å². The molecule has 0 saturated carbocycles. The Balaban J connectivity index is 1.44. The first-order valence-electron chi connectivity index (χ1n) is 13.7. The fourth-order valence-corrected chi connectivity index (χ4v) is 9.17. The molecule has 8 nitrogen and oxygen atoms in total. The molecule has 1 amide bonds. The quantitative estimate of drug-likeness (QED) is 0.216. The van der Waals surface area contributed by atoms with Crippen molar-refractivity contribution in [1.29, 1.82) is 0 Å². The van der Waals surface area contributed by atoms with Crippen molar-refractivity contribution in [2.24, 2.45) is 5.92 Å². The molecular weight excluding hydrogens is 527 g/mol. The molecule has 1 aromatic heterocycles. The number of hydrogen-bond acceptors (Lipinski definition) is 6. The summed E-state index contributed by atoms with van der Waals surface area (Å²) in [5, 5.41) is 18.6. The van der Waals surface area contributed by atoms with Crippen LogP contribution in [0.2, 0.25) is 18.6 Å². The maximum atomic E-state index is 16.0. The van der Waals surface area contributed by atoms with Crippen molar-refractivity contribution in [3.8, 4) is 5.75 Å². The Bertz CT molecular complexity index is 1380. The zero-order valence-corrected chi connectivity index (χ0v) is 24.5. The van der Waals surface area contributed by atoms with Crippen LogP contribution in [0.15, 0.2) is 67.4 Å². The molecule has 5 atom stereocenters. The molecular formula is C30H37FN4O4Si. The number of aliphatic hydroxyl groups is 1. The van der Waals surface area contributed by atoms with Gasteiger partial charge in [-0.3, -0.25) is 9.48 Å². The van der Waals surface area contributed by atoms with Crippen molar-refractivity contribution >= 4 is 20.0 Å².